The summed E-state index contributed by atoms with van der Waals surface area (Å²) in [5.41, 5.74) is 6.99. The molecule has 5 nitrogen and oxygen atoms in total. The molecule has 2 aromatic carbocycles. The number of pyridine rings is 1. The molecule has 2 aromatic heterocycles. The molecule has 4 atom stereocenters. The maximum atomic E-state index is 15.6. The SMILES string of the molecule is C=CC[C@H]1C(O)/C(=C\N(C)c2ccccc2)C[C@@]2(CCC)c3nc(-c4ccnc(C5CC5)c4)nc(-c4ccccc4F)c3CC[C@H]12. The van der Waals surface area contributed by atoms with Crippen LogP contribution in [0.15, 0.2) is 97.4 Å². The monoisotopic (exact) mass is 614 g/mol. The predicted octanol–water partition coefficient (Wildman–Crippen LogP) is 8.80. The molecule has 3 aliphatic carbocycles. The van der Waals surface area contributed by atoms with E-state index in [0.29, 0.717) is 35.8 Å². The van der Waals surface area contributed by atoms with E-state index in [1.165, 1.54) is 6.07 Å². The molecule has 2 fully saturated rings. The van der Waals surface area contributed by atoms with Crippen molar-refractivity contribution in [3.63, 3.8) is 0 Å². The summed E-state index contributed by atoms with van der Waals surface area (Å²) in [6.07, 6.45) is 12.6. The lowest BCUT2D eigenvalue weighted by atomic mass is 9.51. The van der Waals surface area contributed by atoms with E-state index in [4.69, 9.17) is 9.97 Å². The number of allylic oxidation sites excluding steroid dienone is 1. The minimum atomic E-state index is -0.589. The van der Waals surface area contributed by atoms with Gasteiger partial charge in [-0.2, -0.15) is 0 Å². The zero-order chi connectivity index (χ0) is 31.8. The molecule has 2 saturated carbocycles. The number of rotatable bonds is 9. The zero-order valence-corrected chi connectivity index (χ0v) is 26.9. The van der Waals surface area contributed by atoms with Gasteiger partial charge in [-0.05, 0) is 98.8 Å². The number of aliphatic hydroxyl groups is 1. The molecular weight excluding hydrogens is 571 g/mol. The van der Waals surface area contributed by atoms with Crippen molar-refractivity contribution in [3.8, 4) is 22.6 Å². The fourth-order valence-corrected chi connectivity index (χ4v) is 8.31. The Kier molecular flexibility index (Phi) is 8.33. The molecule has 0 amide bonds. The summed E-state index contributed by atoms with van der Waals surface area (Å²) in [5.74, 6) is 1.04. The standard InChI is InChI=1S/C40H43FN4O/c1-4-11-30-33-19-18-32-36(31-14-9-10-15-34(31)41)43-39(27-20-22-42-35(23-27)26-16-17-26)44-38(32)40(33,21-5-2)24-28(37(30)46)25-45(3)29-12-7-6-8-13-29/h4,6-10,12-15,20,22-23,25-26,30,33,37,46H,1,5,11,16-19,21,24H2,2-3H3/b28-25-/t30-,33-,37?,40-/m1/s1. The quantitative estimate of drug-likeness (QED) is 0.191. The first-order valence-electron chi connectivity index (χ1n) is 16.8. The number of aromatic nitrogens is 3. The lowest BCUT2D eigenvalue weighted by Crippen LogP contribution is -2.52. The van der Waals surface area contributed by atoms with E-state index in [1.54, 1.807) is 6.07 Å². The fourth-order valence-electron chi connectivity index (χ4n) is 8.31. The minimum Gasteiger partial charge on any atom is -0.388 e. The van der Waals surface area contributed by atoms with Crippen molar-refractivity contribution in [1.29, 1.82) is 0 Å². The van der Waals surface area contributed by atoms with Gasteiger partial charge in [0.15, 0.2) is 5.82 Å². The molecule has 0 saturated heterocycles. The fraction of sp³-hybridized carbons (Fsp3) is 0.375. The highest BCUT2D eigenvalue weighted by atomic mass is 19.1. The van der Waals surface area contributed by atoms with Gasteiger partial charge in [-0.15, -0.1) is 6.58 Å². The number of halogens is 1. The first-order valence-corrected chi connectivity index (χ1v) is 16.8. The molecule has 0 aliphatic heterocycles. The summed E-state index contributed by atoms with van der Waals surface area (Å²) in [7, 11) is 2.04. The summed E-state index contributed by atoms with van der Waals surface area (Å²) in [6.45, 7) is 6.34. The number of hydrogen-bond acceptors (Lipinski definition) is 5. The average Bonchev–Trinajstić information content (AvgIpc) is 3.93. The number of aliphatic hydroxyl groups excluding tert-OH is 1. The van der Waals surface area contributed by atoms with Crippen molar-refractivity contribution in [1.82, 2.24) is 15.0 Å². The Morgan fingerprint density at radius 3 is 2.57 bits per heavy atom. The Morgan fingerprint density at radius 1 is 1.04 bits per heavy atom. The van der Waals surface area contributed by atoms with Crippen LogP contribution in [-0.4, -0.2) is 33.2 Å². The summed E-state index contributed by atoms with van der Waals surface area (Å²) in [6, 6.07) is 21.3. The molecule has 0 radical (unpaired) electrons. The third-order valence-electron chi connectivity index (χ3n) is 10.5. The van der Waals surface area contributed by atoms with Crippen LogP contribution in [0.25, 0.3) is 22.6 Å². The summed E-state index contributed by atoms with van der Waals surface area (Å²) in [4.78, 5) is 17.4. The molecule has 4 aromatic rings. The largest absolute Gasteiger partial charge is 0.388 e. The van der Waals surface area contributed by atoms with E-state index in [9.17, 15) is 5.11 Å². The third-order valence-corrected chi connectivity index (χ3v) is 10.5. The molecule has 46 heavy (non-hydrogen) atoms. The highest BCUT2D eigenvalue weighted by molar-refractivity contribution is 5.70. The van der Waals surface area contributed by atoms with Crippen LogP contribution in [-0.2, 0) is 11.8 Å². The van der Waals surface area contributed by atoms with E-state index in [1.807, 2.05) is 55.7 Å². The number of para-hydroxylation sites is 1. The lowest BCUT2D eigenvalue weighted by molar-refractivity contribution is 0.0109. The van der Waals surface area contributed by atoms with Gasteiger partial charge in [0.05, 0.1) is 17.5 Å². The minimum absolute atomic E-state index is 0.000838. The van der Waals surface area contributed by atoms with Crippen molar-refractivity contribution < 1.29 is 9.50 Å². The average molecular weight is 615 g/mol. The second kappa shape index (κ2) is 12.6. The molecule has 236 valence electrons. The normalized spacial score (nSPS) is 24.7. The molecule has 6 heteroatoms. The van der Waals surface area contributed by atoms with Gasteiger partial charge in [0, 0.05) is 58.8 Å². The molecule has 0 bridgehead atoms. The number of anilines is 1. The van der Waals surface area contributed by atoms with Gasteiger partial charge in [-0.25, -0.2) is 14.4 Å². The van der Waals surface area contributed by atoms with Gasteiger partial charge in [-0.3, -0.25) is 4.98 Å². The molecule has 7 rings (SSSR count). The third kappa shape index (κ3) is 5.47. The second-order valence-corrected chi connectivity index (χ2v) is 13.5. The Bertz CT molecular complexity index is 1770. The van der Waals surface area contributed by atoms with Crippen LogP contribution in [0, 0.1) is 17.7 Å². The lowest BCUT2D eigenvalue weighted by Gasteiger charge is -2.54. The van der Waals surface area contributed by atoms with E-state index in [-0.39, 0.29) is 23.1 Å². The first kappa shape index (κ1) is 30.5. The highest BCUT2D eigenvalue weighted by Gasteiger charge is 2.54. The number of hydrogen-bond donors (Lipinski definition) is 1. The summed E-state index contributed by atoms with van der Waals surface area (Å²) >= 11 is 0. The van der Waals surface area contributed by atoms with Crippen LogP contribution in [0.2, 0.25) is 0 Å². The molecule has 2 heterocycles. The van der Waals surface area contributed by atoms with Crippen LogP contribution in [0.4, 0.5) is 10.1 Å². The Hall–Kier alpha value is -4.16. The molecule has 1 N–H and O–H groups in total. The first-order chi connectivity index (χ1) is 22.4. The second-order valence-electron chi connectivity index (χ2n) is 13.5. The maximum absolute atomic E-state index is 15.6. The van der Waals surface area contributed by atoms with Crippen LogP contribution in [0.5, 0.6) is 0 Å². The van der Waals surface area contributed by atoms with Crippen LogP contribution in [0.3, 0.4) is 0 Å². The molecule has 3 aliphatic rings. The van der Waals surface area contributed by atoms with Crippen molar-refractivity contribution in [2.45, 2.75) is 75.7 Å². The topological polar surface area (TPSA) is 62.1 Å². The van der Waals surface area contributed by atoms with Crippen LogP contribution < -0.4 is 4.90 Å². The van der Waals surface area contributed by atoms with Crippen LogP contribution >= 0.6 is 0 Å². The van der Waals surface area contributed by atoms with Crippen molar-refractivity contribution in [2.75, 3.05) is 11.9 Å². The van der Waals surface area contributed by atoms with Crippen molar-refractivity contribution in [3.05, 3.63) is 120 Å². The van der Waals surface area contributed by atoms with Crippen molar-refractivity contribution >= 4 is 5.69 Å². The Morgan fingerprint density at radius 2 is 1.83 bits per heavy atom. The Balaban J connectivity index is 1.45. The Labute approximate surface area is 272 Å². The van der Waals surface area contributed by atoms with Gasteiger partial charge in [0.2, 0.25) is 0 Å². The molecular formula is C40H43FN4O. The van der Waals surface area contributed by atoms with E-state index >= 15 is 4.39 Å². The number of fused-ring (bicyclic) bond motifs is 3. The van der Waals surface area contributed by atoms with Gasteiger partial charge >= 0.3 is 0 Å². The van der Waals surface area contributed by atoms with E-state index in [2.05, 4.69) is 47.8 Å². The maximum Gasteiger partial charge on any atom is 0.160 e. The van der Waals surface area contributed by atoms with Crippen LogP contribution in [0.1, 0.15) is 74.7 Å². The van der Waals surface area contributed by atoms with E-state index in [0.717, 1.165) is 72.3 Å². The number of nitrogens with zero attached hydrogens (tertiary/aromatic N) is 4. The highest BCUT2D eigenvalue weighted by Crippen LogP contribution is 2.57. The number of benzene rings is 2. The van der Waals surface area contributed by atoms with Crippen molar-refractivity contribution in [2.24, 2.45) is 11.8 Å². The predicted molar refractivity (Wildman–Crippen MR) is 183 cm³/mol. The summed E-state index contributed by atoms with van der Waals surface area (Å²) < 4.78 is 15.6. The van der Waals surface area contributed by atoms with Gasteiger partial charge in [0.25, 0.3) is 0 Å². The van der Waals surface area contributed by atoms with Gasteiger partial charge in [0.1, 0.15) is 5.82 Å². The van der Waals surface area contributed by atoms with Gasteiger partial charge < -0.3 is 10.0 Å². The van der Waals surface area contributed by atoms with E-state index < -0.39 is 6.10 Å². The molecule has 0 spiro atoms. The molecule has 1 unspecified atom stereocenters. The summed E-state index contributed by atoms with van der Waals surface area (Å²) in [5, 5.41) is 12.0. The smallest absolute Gasteiger partial charge is 0.160 e. The van der Waals surface area contributed by atoms with Gasteiger partial charge in [-0.1, -0.05) is 49.8 Å². The zero-order valence-electron chi connectivity index (χ0n) is 26.9.